The molecule has 43 heavy (non-hydrogen) atoms. The van der Waals surface area contributed by atoms with Crippen LogP contribution in [0.5, 0.6) is 0 Å². The van der Waals surface area contributed by atoms with Gasteiger partial charge in [0, 0.05) is 12.8 Å². The number of ether oxygens (including phenoxy) is 2. The Morgan fingerprint density at radius 2 is 0.977 bits per heavy atom. The molecule has 0 aliphatic rings. The lowest BCUT2D eigenvalue weighted by Gasteiger charge is -2.18. The Hall–Kier alpha value is -1.21. The van der Waals surface area contributed by atoms with Crippen LogP contribution in [0.25, 0.3) is 0 Å². The van der Waals surface area contributed by atoms with Crippen LogP contribution in [0.15, 0.2) is 12.2 Å². The van der Waals surface area contributed by atoms with E-state index in [2.05, 4.69) is 30.5 Å². The molecule has 1 atom stereocenters. The van der Waals surface area contributed by atoms with Gasteiger partial charge in [0.1, 0.15) is 6.61 Å². The maximum absolute atomic E-state index is 12.3. The first kappa shape index (κ1) is 41.8. The molecule has 0 saturated heterocycles. The van der Waals surface area contributed by atoms with Crippen molar-refractivity contribution in [3.63, 3.8) is 0 Å². The van der Waals surface area contributed by atoms with E-state index in [9.17, 15) is 14.2 Å². The van der Waals surface area contributed by atoms with Gasteiger partial charge in [-0.2, -0.15) is 0 Å². The van der Waals surface area contributed by atoms with Crippen molar-refractivity contribution in [1.29, 1.82) is 0 Å². The van der Waals surface area contributed by atoms with E-state index in [0.29, 0.717) is 6.42 Å². The minimum Gasteiger partial charge on any atom is -0.462 e. The van der Waals surface area contributed by atoms with Crippen molar-refractivity contribution in [3.8, 4) is 0 Å². The first-order valence-electron chi connectivity index (χ1n) is 17.5. The molecule has 0 aliphatic heterocycles. The van der Waals surface area contributed by atoms with Gasteiger partial charge in [0.2, 0.25) is 0 Å². The largest absolute Gasteiger partial charge is 0.469 e. The molecule has 0 spiro atoms. The van der Waals surface area contributed by atoms with Crippen molar-refractivity contribution in [3.05, 3.63) is 12.2 Å². The van der Waals surface area contributed by atoms with E-state index in [1.807, 2.05) is 0 Å². The highest BCUT2D eigenvalue weighted by molar-refractivity contribution is 7.46. The van der Waals surface area contributed by atoms with Gasteiger partial charge < -0.3 is 19.3 Å². The zero-order chi connectivity index (χ0) is 31.9. The maximum atomic E-state index is 12.3. The predicted molar refractivity (Wildman–Crippen MR) is 175 cm³/mol. The van der Waals surface area contributed by atoms with Crippen LogP contribution in [0, 0.1) is 0 Å². The van der Waals surface area contributed by atoms with Gasteiger partial charge in [0.05, 0.1) is 6.61 Å². The van der Waals surface area contributed by atoms with E-state index in [4.69, 9.17) is 19.3 Å². The third kappa shape index (κ3) is 33.5. The third-order valence-electron chi connectivity index (χ3n) is 7.53. The molecule has 0 saturated carbocycles. The lowest BCUT2D eigenvalue weighted by molar-refractivity contribution is -0.161. The average molecular weight is 633 g/mol. The van der Waals surface area contributed by atoms with E-state index in [0.717, 1.165) is 51.4 Å². The molecule has 0 rings (SSSR count). The molecule has 0 aromatic carbocycles. The Kier molecular flexibility index (Phi) is 29.9. The van der Waals surface area contributed by atoms with Crippen LogP contribution in [0.1, 0.15) is 174 Å². The number of phosphoric ester groups is 1. The summed E-state index contributed by atoms with van der Waals surface area (Å²) < 4.78 is 26.2. The minimum absolute atomic E-state index is 0.205. The van der Waals surface area contributed by atoms with Crippen LogP contribution < -0.4 is 0 Å². The van der Waals surface area contributed by atoms with Crippen molar-refractivity contribution in [2.45, 2.75) is 180 Å². The summed E-state index contributed by atoms with van der Waals surface area (Å²) in [6, 6.07) is 0. The molecule has 0 bridgehead atoms. The molecule has 0 amide bonds. The molecule has 2 N–H and O–H groups in total. The van der Waals surface area contributed by atoms with Crippen LogP contribution in [0.4, 0.5) is 0 Å². The van der Waals surface area contributed by atoms with Gasteiger partial charge in [-0.05, 0) is 38.5 Å². The molecule has 0 unspecified atom stereocenters. The number of hydrogen-bond acceptors (Lipinski definition) is 6. The van der Waals surface area contributed by atoms with E-state index in [-0.39, 0.29) is 19.4 Å². The van der Waals surface area contributed by atoms with E-state index >= 15 is 0 Å². The number of hydrogen-bond donors (Lipinski definition) is 2. The Morgan fingerprint density at radius 3 is 1.42 bits per heavy atom. The van der Waals surface area contributed by atoms with Gasteiger partial charge in [-0.3, -0.25) is 14.1 Å². The summed E-state index contributed by atoms with van der Waals surface area (Å²) in [6.45, 7) is 3.64. The first-order valence-corrected chi connectivity index (χ1v) is 19.0. The van der Waals surface area contributed by atoms with E-state index < -0.39 is 32.5 Å². The topological polar surface area (TPSA) is 119 Å². The Morgan fingerprint density at radius 1 is 0.581 bits per heavy atom. The number of carbonyl (C=O) groups excluding carboxylic acids is 2. The average Bonchev–Trinajstić information content (AvgIpc) is 2.97. The summed E-state index contributed by atoms with van der Waals surface area (Å²) in [4.78, 5) is 42.5. The summed E-state index contributed by atoms with van der Waals surface area (Å²) >= 11 is 0. The Labute approximate surface area is 263 Å². The molecule has 9 heteroatoms. The number of unbranched alkanes of at least 4 members (excludes halogenated alkanes) is 20. The van der Waals surface area contributed by atoms with Crippen LogP contribution in [0.3, 0.4) is 0 Å². The first-order chi connectivity index (χ1) is 20.8. The normalized spacial score (nSPS) is 12.6. The van der Waals surface area contributed by atoms with Gasteiger partial charge >= 0.3 is 19.8 Å². The van der Waals surface area contributed by atoms with Crippen molar-refractivity contribution < 1.29 is 37.9 Å². The quantitative estimate of drug-likeness (QED) is 0.0325. The smallest absolute Gasteiger partial charge is 0.462 e. The molecular formula is C34H65O8P. The Bertz CT molecular complexity index is 721. The highest BCUT2D eigenvalue weighted by Gasteiger charge is 2.22. The van der Waals surface area contributed by atoms with Gasteiger partial charge in [-0.25, -0.2) is 4.57 Å². The third-order valence-corrected chi connectivity index (χ3v) is 8.02. The fraction of sp³-hybridized carbons (Fsp3) is 0.882. The number of allylic oxidation sites excluding steroid dienone is 2. The summed E-state index contributed by atoms with van der Waals surface area (Å²) in [5, 5.41) is 0. The molecule has 0 aromatic rings. The number of phosphoric acid groups is 1. The lowest BCUT2D eigenvalue weighted by atomic mass is 10.1. The molecule has 0 heterocycles. The van der Waals surface area contributed by atoms with Crippen molar-refractivity contribution in [1.82, 2.24) is 0 Å². The van der Waals surface area contributed by atoms with Gasteiger partial charge in [0.15, 0.2) is 6.10 Å². The maximum Gasteiger partial charge on any atom is 0.469 e. The molecule has 254 valence electrons. The zero-order valence-electron chi connectivity index (χ0n) is 27.6. The molecule has 0 aliphatic carbocycles. The summed E-state index contributed by atoms with van der Waals surface area (Å²) in [6.07, 6.45) is 30.8. The number of carbonyl (C=O) groups is 2. The molecular weight excluding hydrogens is 567 g/mol. The molecule has 8 nitrogen and oxygen atoms in total. The monoisotopic (exact) mass is 632 g/mol. The highest BCUT2D eigenvalue weighted by Crippen LogP contribution is 2.36. The fourth-order valence-electron chi connectivity index (χ4n) is 4.90. The second kappa shape index (κ2) is 30.8. The number of esters is 2. The lowest BCUT2D eigenvalue weighted by Crippen LogP contribution is -2.29. The molecule has 0 fully saturated rings. The van der Waals surface area contributed by atoms with E-state index in [1.165, 1.54) is 89.9 Å². The highest BCUT2D eigenvalue weighted by atomic mass is 31.2. The second-order valence-electron chi connectivity index (χ2n) is 11.8. The van der Waals surface area contributed by atoms with Gasteiger partial charge in [0.25, 0.3) is 0 Å². The van der Waals surface area contributed by atoms with Crippen molar-refractivity contribution >= 4 is 19.8 Å². The van der Waals surface area contributed by atoms with Crippen LogP contribution in [-0.2, 0) is 28.2 Å². The second-order valence-corrected chi connectivity index (χ2v) is 13.1. The van der Waals surface area contributed by atoms with Crippen molar-refractivity contribution in [2.24, 2.45) is 0 Å². The van der Waals surface area contributed by atoms with Crippen LogP contribution in [-0.4, -0.2) is 41.0 Å². The number of rotatable bonds is 32. The van der Waals surface area contributed by atoms with Gasteiger partial charge in [-0.1, -0.05) is 135 Å². The summed E-state index contributed by atoms with van der Waals surface area (Å²) in [7, 11) is -4.74. The zero-order valence-corrected chi connectivity index (χ0v) is 28.5. The van der Waals surface area contributed by atoms with E-state index in [1.54, 1.807) is 0 Å². The van der Waals surface area contributed by atoms with Crippen LogP contribution in [0.2, 0.25) is 0 Å². The molecule has 0 radical (unpaired) electrons. The Balaban J connectivity index is 3.99. The summed E-state index contributed by atoms with van der Waals surface area (Å²) in [5.41, 5.74) is 0. The predicted octanol–water partition coefficient (Wildman–Crippen LogP) is 9.90. The summed E-state index contributed by atoms with van der Waals surface area (Å²) in [5.74, 6) is -0.892. The van der Waals surface area contributed by atoms with Gasteiger partial charge in [-0.15, -0.1) is 0 Å². The fourth-order valence-corrected chi connectivity index (χ4v) is 5.26. The SMILES string of the molecule is CCCCCCCC/C=C/CCCCCCCC(=O)O[C@@H](COC(=O)CCCCCCCCCCCC)COP(=O)(O)O. The standard InChI is InChI=1S/C34H65O8P/c1-3-5-7-9-11-13-15-16-17-18-19-21-23-25-27-29-34(36)42-32(31-41-43(37,38)39)30-40-33(35)28-26-24-22-20-14-12-10-8-6-4-2/h16-17,32H,3-15,18-31H2,1-2H3,(H2,37,38,39)/b17-16+/t32-/m0/s1. The minimum atomic E-state index is -4.74. The van der Waals surface area contributed by atoms with Crippen molar-refractivity contribution in [2.75, 3.05) is 13.2 Å². The molecule has 0 aromatic heterocycles. The van der Waals surface area contributed by atoms with Crippen LogP contribution >= 0.6 is 7.82 Å².